The van der Waals surface area contributed by atoms with Crippen LogP contribution in [0, 0.1) is 5.92 Å². The Bertz CT molecular complexity index is 899. The number of aliphatic hydroxyl groups is 1. The summed E-state index contributed by atoms with van der Waals surface area (Å²) in [5.74, 6) is -2.24. The number of benzene rings is 2. The molecule has 5 nitrogen and oxygen atoms in total. The van der Waals surface area contributed by atoms with Crippen molar-refractivity contribution in [1.82, 2.24) is 4.90 Å². The average Bonchev–Trinajstić information content (AvgIpc) is 2.89. The number of carbonyl (C=O) groups is 2. The zero-order valence-corrected chi connectivity index (χ0v) is 13.1. The summed E-state index contributed by atoms with van der Waals surface area (Å²) in [6.07, 6.45) is -0.374. The Morgan fingerprint density at radius 2 is 1.96 bits per heavy atom. The molecule has 0 aromatic heterocycles. The van der Waals surface area contributed by atoms with Gasteiger partial charge in [0.2, 0.25) is 5.91 Å². The number of aliphatic hydroxyl groups excluding tert-OH is 1. The molecular weight excluding hydrogens is 306 g/mol. The lowest BCUT2D eigenvalue weighted by Gasteiger charge is -2.45. The summed E-state index contributed by atoms with van der Waals surface area (Å²) in [5, 5.41) is 23.5. The van der Waals surface area contributed by atoms with Gasteiger partial charge in [-0.3, -0.25) is 4.79 Å². The Balaban J connectivity index is 1.81. The van der Waals surface area contributed by atoms with Gasteiger partial charge in [0.05, 0.1) is 29.7 Å². The van der Waals surface area contributed by atoms with Crippen LogP contribution < -0.4 is 5.11 Å². The number of carbonyl (C=O) groups excluding carboxylic acids is 2. The minimum absolute atomic E-state index is 0.0582. The zero-order chi connectivity index (χ0) is 17.0. The molecule has 1 N–H and O–H groups in total. The number of fused-ring (bicyclic) bond motifs is 2. The van der Waals surface area contributed by atoms with Crippen LogP contribution in [0.25, 0.3) is 16.3 Å². The van der Waals surface area contributed by atoms with Gasteiger partial charge in [-0.05, 0) is 41.3 Å². The minimum atomic E-state index is -1.35. The third kappa shape index (κ3) is 1.98. The van der Waals surface area contributed by atoms with E-state index in [4.69, 9.17) is 0 Å². The second-order valence-electron chi connectivity index (χ2n) is 6.42. The van der Waals surface area contributed by atoms with Crippen molar-refractivity contribution in [3.05, 3.63) is 53.7 Å². The Morgan fingerprint density at radius 1 is 1.25 bits per heavy atom. The SMILES string of the molecule is CC(O)C1C(=O)N2C(C(=O)[O-])=C(c3ccc4ccccc4c3)CC12. The van der Waals surface area contributed by atoms with Crippen LogP contribution in [-0.2, 0) is 9.59 Å². The second-order valence-corrected chi connectivity index (χ2v) is 6.42. The Hall–Kier alpha value is -2.66. The highest BCUT2D eigenvalue weighted by Gasteiger charge is 2.55. The van der Waals surface area contributed by atoms with Gasteiger partial charge in [-0.15, -0.1) is 0 Å². The van der Waals surface area contributed by atoms with Gasteiger partial charge in [-0.2, -0.15) is 0 Å². The maximum atomic E-state index is 12.2. The lowest BCUT2D eigenvalue weighted by Crippen LogP contribution is -2.62. The van der Waals surface area contributed by atoms with Gasteiger partial charge >= 0.3 is 0 Å². The molecule has 2 aromatic rings. The fourth-order valence-electron chi connectivity index (χ4n) is 3.89. The average molecular weight is 322 g/mol. The molecule has 5 heteroatoms. The molecule has 2 aliphatic heterocycles. The largest absolute Gasteiger partial charge is 0.543 e. The molecule has 2 heterocycles. The van der Waals surface area contributed by atoms with Crippen molar-refractivity contribution in [2.75, 3.05) is 0 Å². The van der Waals surface area contributed by atoms with Gasteiger partial charge in [-0.1, -0.05) is 36.4 Å². The van der Waals surface area contributed by atoms with Crippen LogP contribution >= 0.6 is 0 Å². The molecule has 3 unspecified atom stereocenters. The lowest BCUT2D eigenvalue weighted by molar-refractivity contribution is -0.301. The van der Waals surface area contributed by atoms with Crippen molar-refractivity contribution in [2.45, 2.75) is 25.5 Å². The third-order valence-electron chi connectivity index (χ3n) is 5.02. The van der Waals surface area contributed by atoms with E-state index in [0.29, 0.717) is 12.0 Å². The lowest BCUT2D eigenvalue weighted by atomic mass is 9.82. The molecule has 2 aliphatic rings. The molecule has 122 valence electrons. The first-order valence-corrected chi connectivity index (χ1v) is 7.94. The number of hydrogen-bond acceptors (Lipinski definition) is 4. The molecule has 0 radical (unpaired) electrons. The van der Waals surface area contributed by atoms with Crippen LogP contribution in [0.4, 0.5) is 0 Å². The quantitative estimate of drug-likeness (QED) is 0.852. The number of amides is 1. The molecule has 0 aliphatic carbocycles. The number of hydrogen-bond donors (Lipinski definition) is 1. The first-order chi connectivity index (χ1) is 11.5. The van der Waals surface area contributed by atoms with Gasteiger partial charge in [-0.25, -0.2) is 0 Å². The van der Waals surface area contributed by atoms with Crippen LogP contribution in [0.3, 0.4) is 0 Å². The molecule has 1 amide bonds. The molecule has 1 fully saturated rings. The summed E-state index contributed by atoms with van der Waals surface area (Å²) in [5.41, 5.74) is 1.32. The van der Waals surface area contributed by atoms with Gasteiger partial charge in [0.1, 0.15) is 0 Å². The van der Waals surface area contributed by atoms with Gasteiger partial charge in [0.15, 0.2) is 0 Å². The van der Waals surface area contributed by atoms with E-state index in [2.05, 4.69) is 0 Å². The highest BCUT2D eigenvalue weighted by molar-refractivity contribution is 6.06. The Morgan fingerprint density at radius 3 is 2.62 bits per heavy atom. The van der Waals surface area contributed by atoms with E-state index < -0.39 is 18.0 Å². The van der Waals surface area contributed by atoms with Crippen LogP contribution in [0.15, 0.2) is 48.2 Å². The van der Waals surface area contributed by atoms with Crippen molar-refractivity contribution in [3.63, 3.8) is 0 Å². The molecule has 4 rings (SSSR count). The normalized spacial score (nSPS) is 24.1. The predicted molar refractivity (Wildman–Crippen MR) is 86.3 cm³/mol. The predicted octanol–water partition coefficient (Wildman–Crippen LogP) is 0.912. The van der Waals surface area contributed by atoms with E-state index in [1.807, 2.05) is 42.5 Å². The van der Waals surface area contributed by atoms with Crippen LogP contribution in [0.2, 0.25) is 0 Å². The van der Waals surface area contributed by atoms with Crippen LogP contribution in [0.5, 0.6) is 0 Å². The van der Waals surface area contributed by atoms with Gasteiger partial charge in [0.25, 0.3) is 0 Å². The summed E-state index contributed by atoms with van der Waals surface area (Å²) in [6.45, 7) is 1.56. The van der Waals surface area contributed by atoms with E-state index in [9.17, 15) is 19.8 Å². The van der Waals surface area contributed by atoms with Crippen LogP contribution in [-0.4, -0.2) is 34.0 Å². The molecule has 0 spiro atoms. The summed E-state index contributed by atoms with van der Waals surface area (Å²) in [7, 11) is 0. The Labute approximate surface area is 138 Å². The van der Waals surface area contributed by atoms with E-state index in [-0.39, 0.29) is 17.6 Å². The molecule has 0 saturated carbocycles. The molecule has 24 heavy (non-hydrogen) atoms. The summed E-state index contributed by atoms with van der Waals surface area (Å²) in [6, 6.07) is 13.3. The molecule has 0 bridgehead atoms. The maximum absolute atomic E-state index is 12.2. The van der Waals surface area contributed by atoms with Crippen molar-refractivity contribution < 1.29 is 19.8 Å². The van der Waals surface area contributed by atoms with Crippen molar-refractivity contribution in [3.8, 4) is 0 Å². The van der Waals surface area contributed by atoms with E-state index in [1.165, 1.54) is 4.90 Å². The fraction of sp³-hybridized carbons (Fsp3) is 0.263. The first-order valence-electron chi connectivity index (χ1n) is 7.94. The maximum Gasteiger partial charge on any atom is 0.235 e. The number of nitrogens with zero attached hydrogens (tertiary/aromatic N) is 1. The van der Waals surface area contributed by atoms with Crippen molar-refractivity contribution >= 4 is 28.2 Å². The molecular formula is C19H16NO4-. The van der Waals surface area contributed by atoms with Crippen LogP contribution in [0.1, 0.15) is 18.9 Å². The highest BCUT2D eigenvalue weighted by Crippen LogP contribution is 2.46. The number of carboxylic acid groups (broad SMARTS) is 1. The van der Waals surface area contributed by atoms with E-state index in [1.54, 1.807) is 6.92 Å². The fourth-order valence-corrected chi connectivity index (χ4v) is 3.89. The third-order valence-corrected chi connectivity index (χ3v) is 5.02. The molecule has 1 saturated heterocycles. The molecule has 2 aromatic carbocycles. The summed E-state index contributed by atoms with van der Waals surface area (Å²) < 4.78 is 0. The summed E-state index contributed by atoms with van der Waals surface area (Å²) in [4.78, 5) is 25.1. The topological polar surface area (TPSA) is 80.7 Å². The van der Waals surface area contributed by atoms with E-state index in [0.717, 1.165) is 16.3 Å². The number of aliphatic carboxylic acids is 1. The van der Waals surface area contributed by atoms with Gasteiger partial charge in [0, 0.05) is 0 Å². The summed E-state index contributed by atoms with van der Waals surface area (Å²) >= 11 is 0. The number of carboxylic acids is 1. The first kappa shape index (κ1) is 14.9. The molecule has 3 atom stereocenters. The smallest absolute Gasteiger partial charge is 0.235 e. The second kappa shape index (κ2) is 5.18. The minimum Gasteiger partial charge on any atom is -0.543 e. The number of rotatable bonds is 3. The Kier molecular flexibility index (Phi) is 3.21. The number of β-lactam (4-membered cyclic amide) rings is 1. The van der Waals surface area contributed by atoms with Crippen molar-refractivity contribution in [2.24, 2.45) is 5.92 Å². The van der Waals surface area contributed by atoms with E-state index >= 15 is 0 Å². The van der Waals surface area contributed by atoms with Crippen molar-refractivity contribution in [1.29, 1.82) is 0 Å². The standard InChI is InChI=1S/C19H17NO4/c1-10(21)16-15-9-14(17(19(23)24)20(15)18(16)22)13-7-6-11-4-2-3-5-12(11)8-13/h2-8,10,15-16,21H,9H2,1H3,(H,23,24)/p-1. The van der Waals surface area contributed by atoms with Gasteiger partial charge < -0.3 is 19.9 Å². The zero-order valence-electron chi connectivity index (χ0n) is 13.1. The highest BCUT2D eigenvalue weighted by atomic mass is 16.4. The monoisotopic (exact) mass is 322 g/mol.